The van der Waals surface area contributed by atoms with Gasteiger partial charge in [0.05, 0.1) is 0 Å². The number of rotatable bonds is 3. The maximum absolute atomic E-state index is 14.1. The molecule has 0 aliphatic heterocycles. The molecule has 1 N–H and O–H groups in total. The van der Waals surface area contributed by atoms with E-state index >= 15 is 0 Å². The molecule has 2 rings (SSSR count). The smallest absolute Gasteiger partial charge is 0.166 e. The van der Waals surface area contributed by atoms with E-state index in [2.05, 4.69) is 5.32 Å². The minimum Gasteiger partial charge on any atom is -0.316 e. The summed E-state index contributed by atoms with van der Waals surface area (Å²) < 4.78 is 27.7. The Morgan fingerprint density at radius 3 is 2.47 bits per heavy atom. The molecule has 0 unspecified atom stereocenters. The molecular formula is C15H14ClF2N. The van der Waals surface area contributed by atoms with Crippen molar-refractivity contribution in [3.8, 4) is 11.1 Å². The highest BCUT2D eigenvalue weighted by Crippen LogP contribution is 2.31. The van der Waals surface area contributed by atoms with E-state index in [1.165, 1.54) is 6.92 Å². The van der Waals surface area contributed by atoms with Gasteiger partial charge in [-0.1, -0.05) is 29.8 Å². The lowest BCUT2D eigenvalue weighted by Gasteiger charge is -2.12. The second kappa shape index (κ2) is 5.68. The molecule has 0 bridgehead atoms. The molecule has 0 aliphatic carbocycles. The van der Waals surface area contributed by atoms with Crippen molar-refractivity contribution in [2.24, 2.45) is 0 Å². The van der Waals surface area contributed by atoms with Crippen molar-refractivity contribution in [2.45, 2.75) is 13.5 Å². The molecule has 2 aromatic rings. The van der Waals surface area contributed by atoms with Gasteiger partial charge in [0.1, 0.15) is 0 Å². The first-order chi connectivity index (χ1) is 9.04. The third-order valence-corrected chi connectivity index (χ3v) is 3.24. The molecule has 19 heavy (non-hydrogen) atoms. The van der Waals surface area contributed by atoms with Gasteiger partial charge < -0.3 is 5.32 Å². The van der Waals surface area contributed by atoms with Crippen LogP contribution < -0.4 is 5.32 Å². The van der Waals surface area contributed by atoms with Crippen LogP contribution in [-0.4, -0.2) is 7.05 Å². The van der Waals surface area contributed by atoms with E-state index in [0.717, 1.165) is 5.56 Å². The van der Waals surface area contributed by atoms with Crippen LogP contribution in [-0.2, 0) is 6.54 Å². The lowest BCUT2D eigenvalue weighted by atomic mass is 9.98. The van der Waals surface area contributed by atoms with Gasteiger partial charge in [-0.2, -0.15) is 0 Å². The lowest BCUT2D eigenvalue weighted by Crippen LogP contribution is -2.07. The quantitative estimate of drug-likeness (QED) is 0.884. The van der Waals surface area contributed by atoms with Crippen molar-refractivity contribution in [2.75, 3.05) is 7.05 Å². The maximum atomic E-state index is 14.1. The highest BCUT2D eigenvalue weighted by atomic mass is 35.5. The van der Waals surface area contributed by atoms with E-state index < -0.39 is 11.6 Å². The summed E-state index contributed by atoms with van der Waals surface area (Å²) in [4.78, 5) is 0. The van der Waals surface area contributed by atoms with Crippen molar-refractivity contribution >= 4 is 11.6 Å². The summed E-state index contributed by atoms with van der Waals surface area (Å²) in [7, 11) is 1.80. The first-order valence-electron chi connectivity index (χ1n) is 5.92. The Kier molecular flexibility index (Phi) is 4.17. The van der Waals surface area contributed by atoms with Gasteiger partial charge in [-0.3, -0.25) is 0 Å². The SMILES string of the molecule is CNCc1ccc(Cl)cc1-c1ccc(C)c(F)c1F. The second-order valence-corrected chi connectivity index (χ2v) is 4.83. The molecule has 0 heterocycles. The summed E-state index contributed by atoms with van der Waals surface area (Å²) in [6.07, 6.45) is 0. The van der Waals surface area contributed by atoms with Crippen LogP contribution in [0.5, 0.6) is 0 Å². The van der Waals surface area contributed by atoms with E-state index in [1.54, 1.807) is 31.3 Å². The monoisotopic (exact) mass is 281 g/mol. The molecule has 2 aromatic carbocycles. The third-order valence-electron chi connectivity index (χ3n) is 3.00. The lowest BCUT2D eigenvalue weighted by molar-refractivity contribution is 0.505. The topological polar surface area (TPSA) is 12.0 Å². The van der Waals surface area contributed by atoms with Crippen LogP contribution in [0.3, 0.4) is 0 Å². The number of nitrogens with one attached hydrogen (secondary N) is 1. The number of hydrogen-bond acceptors (Lipinski definition) is 1. The Morgan fingerprint density at radius 1 is 1.05 bits per heavy atom. The minimum absolute atomic E-state index is 0.232. The van der Waals surface area contributed by atoms with Crippen molar-refractivity contribution in [1.82, 2.24) is 5.32 Å². The molecule has 0 aliphatic rings. The van der Waals surface area contributed by atoms with Crippen LogP contribution in [0, 0.1) is 18.6 Å². The van der Waals surface area contributed by atoms with Gasteiger partial charge in [-0.05, 0) is 42.8 Å². The largest absolute Gasteiger partial charge is 0.316 e. The fraction of sp³-hybridized carbons (Fsp3) is 0.200. The van der Waals surface area contributed by atoms with Gasteiger partial charge in [0.2, 0.25) is 0 Å². The van der Waals surface area contributed by atoms with E-state index in [0.29, 0.717) is 22.7 Å². The first-order valence-corrected chi connectivity index (χ1v) is 6.30. The summed E-state index contributed by atoms with van der Waals surface area (Å²) in [5.41, 5.74) is 2.00. The third kappa shape index (κ3) is 2.77. The molecular weight excluding hydrogens is 268 g/mol. The Labute approximate surface area is 116 Å². The number of hydrogen-bond donors (Lipinski definition) is 1. The predicted molar refractivity (Wildman–Crippen MR) is 74.3 cm³/mol. The van der Waals surface area contributed by atoms with Crippen LogP contribution in [0.15, 0.2) is 30.3 Å². The summed E-state index contributed by atoms with van der Waals surface area (Å²) in [6, 6.07) is 8.35. The maximum Gasteiger partial charge on any atom is 0.166 e. The Balaban J connectivity index is 2.64. The molecule has 0 atom stereocenters. The highest BCUT2D eigenvalue weighted by molar-refractivity contribution is 6.30. The Morgan fingerprint density at radius 2 is 1.79 bits per heavy atom. The zero-order chi connectivity index (χ0) is 14.0. The summed E-state index contributed by atoms with van der Waals surface area (Å²) in [5.74, 6) is -1.65. The number of halogens is 3. The van der Waals surface area contributed by atoms with Gasteiger partial charge >= 0.3 is 0 Å². The minimum atomic E-state index is -0.834. The molecule has 0 saturated heterocycles. The van der Waals surface area contributed by atoms with Crippen LogP contribution in [0.4, 0.5) is 8.78 Å². The predicted octanol–water partition coefficient (Wildman–Crippen LogP) is 4.31. The molecule has 0 radical (unpaired) electrons. The molecule has 0 fully saturated rings. The fourth-order valence-corrected chi connectivity index (χ4v) is 2.17. The zero-order valence-corrected chi connectivity index (χ0v) is 11.5. The molecule has 0 amide bonds. The zero-order valence-electron chi connectivity index (χ0n) is 10.7. The van der Waals surface area contributed by atoms with Gasteiger partial charge in [-0.25, -0.2) is 8.78 Å². The fourth-order valence-electron chi connectivity index (χ4n) is 2.00. The molecule has 1 nitrogen and oxygen atoms in total. The standard InChI is InChI=1S/C15H14ClF2N/c1-9-3-6-12(15(18)14(9)17)13-7-11(16)5-4-10(13)8-19-2/h3-7,19H,8H2,1-2H3. The summed E-state index contributed by atoms with van der Waals surface area (Å²) in [6.45, 7) is 2.09. The highest BCUT2D eigenvalue weighted by Gasteiger charge is 2.15. The first kappa shape index (κ1) is 14.0. The van der Waals surface area contributed by atoms with E-state index in [1.807, 2.05) is 6.07 Å². The molecule has 0 saturated carbocycles. The van der Waals surface area contributed by atoms with Crippen molar-refractivity contribution in [1.29, 1.82) is 0 Å². The molecule has 0 aromatic heterocycles. The second-order valence-electron chi connectivity index (χ2n) is 4.39. The molecule has 100 valence electrons. The molecule has 4 heteroatoms. The number of benzene rings is 2. The van der Waals surface area contributed by atoms with Gasteiger partial charge in [0.15, 0.2) is 11.6 Å². The van der Waals surface area contributed by atoms with Crippen molar-refractivity contribution in [3.63, 3.8) is 0 Å². The van der Waals surface area contributed by atoms with Gasteiger partial charge in [0.25, 0.3) is 0 Å². The Bertz CT molecular complexity index is 611. The van der Waals surface area contributed by atoms with Crippen LogP contribution in [0.2, 0.25) is 5.02 Å². The van der Waals surface area contributed by atoms with Crippen LogP contribution in [0.1, 0.15) is 11.1 Å². The average molecular weight is 282 g/mol. The van der Waals surface area contributed by atoms with Crippen molar-refractivity contribution < 1.29 is 8.78 Å². The normalized spacial score (nSPS) is 10.8. The average Bonchev–Trinajstić information content (AvgIpc) is 2.39. The van der Waals surface area contributed by atoms with E-state index in [4.69, 9.17) is 11.6 Å². The van der Waals surface area contributed by atoms with Crippen LogP contribution >= 0.6 is 11.6 Å². The Hall–Kier alpha value is -1.45. The van der Waals surface area contributed by atoms with Gasteiger partial charge in [-0.15, -0.1) is 0 Å². The van der Waals surface area contributed by atoms with Crippen molar-refractivity contribution in [3.05, 3.63) is 58.1 Å². The molecule has 0 spiro atoms. The summed E-state index contributed by atoms with van der Waals surface area (Å²) in [5, 5.41) is 3.50. The van der Waals surface area contributed by atoms with E-state index in [9.17, 15) is 8.78 Å². The van der Waals surface area contributed by atoms with Gasteiger partial charge in [0, 0.05) is 17.1 Å². The van der Waals surface area contributed by atoms with Crippen LogP contribution in [0.25, 0.3) is 11.1 Å². The van der Waals surface area contributed by atoms with E-state index in [-0.39, 0.29) is 5.56 Å². The summed E-state index contributed by atoms with van der Waals surface area (Å²) >= 11 is 5.95. The number of aryl methyl sites for hydroxylation is 1.